The summed E-state index contributed by atoms with van der Waals surface area (Å²) in [5, 5.41) is 33.4. The quantitative estimate of drug-likeness (QED) is 0.152. The summed E-state index contributed by atoms with van der Waals surface area (Å²) < 4.78 is 12.4. The highest BCUT2D eigenvalue weighted by Crippen LogP contribution is 2.55. The van der Waals surface area contributed by atoms with Crippen molar-refractivity contribution in [2.24, 2.45) is 0 Å². The molecule has 0 bridgehead atoms. The minimum atomic E-state index is 0.530. The standard InChI is InChI=1S/C86H51N7/c87-52-54-22-20-24-58(48-54)81-83(90-72-37-13-4-28-61(72)62-29-5-14-38-73(62)90)82(59-25-21-23-55(49-59)53-88)85(92-76-41-17-8-32-65(76)66-33-9-18-42-77(66)92)86(84(81)91-74-39-15-6-30-63(74)64-31-7-16-40-75(64)91)93-78-43-19-11-35-68(78)70-51-57(45-47-80(70)93)56-44-46-79-69(50-56)67-34-10-12-36-71(67)89(79)60-26-2-1-3-27-60/h1-51H. The zero-order valence-electron chi connectivity index (χ0n) is 50.1. The van der Waals surface area contributed by atoms with Crippen molar-refractivity contribution >= 4 is 109 Å². The van der Waals surface area contributed by atoms with Gasteiger partial charge in [-0.2, -0.15) is 10.5 Å². The lowest BCUT2D eigenvalue weighted by molar-refractivity contribution is 1.04. The molecule has 7 heteroatoms. The molecule has 0 fully saturated rings. The van der Waals surface area contributed by atoms with Crippen molar-refractivity contribution in [3.8, 4) is 74.0 Å². The first-order valence-electron chi connectivity index (χ1n) is 31.4. The van der Waals surface area contributed by atoms with Crippen LogP contribution in [0.15, 0.2) is 309 Å². The van der Waals surface area contributed by atoms with Crippen molar-refractivity contribution in [3.63, 3.8) is 0 Å². The van der Waals surface area contributed by atoms with Gasteiger partial charge in [0.05, 0.1) is 101 Å². The van der Waals surface area contributed by atoms with Gasteiger partial charge in [0.15, 0.2) is 0 Å². The third-order valence-electron chi connectivity index (χ3n) is 19.3. The largest absolute Gasteiger partial charge is 0.309 e. The molecule has 0 aliphatic rings. The third kappa shape index (κ3) is 7.57. The summed E-state index contributed by atoms with van der Waals surface area (Å²) in [5.74, 6) is 0. The normalized spacial score (nSPS) is 11.8. The number of rotatable bonds is 8. The molecule has 5 heterocycles. The van der Waals surface area contributed by atoms with E-state index in [1.807, 2.05) is 24.3 Å². The first-order valence-corrected chi connectivity index (χ1v) is 31.4. The van der Waals surface area contributed by atoms with Crippen molar-refractivity contribution in [2.75, 3.05) is 0 Å². The molecule has 0 saturated heterocycles. The van der Waals surface area contributed by atoms with E-state index in [1.54, 1.807) is 0 Å². The molecule has 0 saturated carbocycles. The fourth-order valence-electron chi connectivity index (χ4n) is 15.5. The Bertz CT molecular complexity index is 6110. The van der Waals surface area contributed by atoms with E-state index in [0.717, 1.165) is 160 Å². The Labute approximate surface area is 533 Å². The van der Waals surface area contributed by atoms with Gasteiger partial charge in [-0.15, -0.1) is 0 Å². The van der Waals surface area contributed by atoms with Crippen LogP contribution in [0.2, 0.25) is 0 Å². The van der Waals surface area contributed by atoms with Gasteiger partial charge in [0.1, 0.15) is 0 Å². The van der Waals surface area contributed by atoms with Crippen LogP contribution in [0, 0.1) is 22.7 Å². The molecular formula is C86H51N7. The van der Waals surface area contributed by atoms with Crippen LogP contribution in [0.3, 0.4) is 0 Å². The summed E-state index contributed by atoms with van der Waals surface area (Å²) in [6.07, 6.45) is 0. The van der Waals surface area contributed by atoms with Gasteiger partial charge in [-0.05, 0) is 131 Å². The van der Waals surface area contributed by atoms with Crippen LogP contribution in [0.25, 0.3) is 171 Å². The van der Waals surface area contributed by atoms with Gasteiger partial charge in [-0.1, -0.05) is 200 Å². The summed E-state index contributed by atoms with van der Waals surface area (Å²) in [6, 6.07) is 116. The molecular weight excluding hydrogens is 1130 g/mol. The average Bonchev–Trinajstić information content (AvgIpc) is 1.56. The average molecular weight is 1180 g/mol. The summed E-state index contributed by atoms with van der Waals surface area (Å²) in [4.78, 5) is 0. The molecule has 93 heavy (non-hydrogen) atoms. The topological polar surface area (TPSA) is 72.2 Å². The second kappa shape index (κ2) is 20.3. The van der Waals surface area contributed by atoms with Gasteiger partial charge in [-0.25, -0.2) is 0 Å². The first kappa shape index (κ1) is 52.0. The van der Waals surface area contributed by atoms with Crippen LogP contribution in [-0.4, -0.2) is 22.8 Å². The van der Waals surface area contributed by atoms with Crippen LogP contribution in [0.4, 0.5) is 0 Å². The lowest BCUT2D eigenvalue weighted by Gasteiger charge is -2.31. The van der Waals surface area contributed by atoms with E-state index in [2.05, 4.69) is 320 Å². The van der Waals surface area contributed by atoms with Crippen molar-refractivity contribution in [1.82, 2.24) is 22.8 Å². The van der Waals surface area contributed by atoms with E-state index >= 15 is 0 Å². The van der Waals surface area contributed by atoms with Gasteiger partial charge < -0.3 is 22.8 Å². The summed E-state index contributed by atoms with van der Waals surface area (Å²) in [7, 11) is 0. The van der Waals surface area contributed by atoms with Crippen molar-refractivity contribution in [1.29, 1.82) is 10.5 Å². The van der Waals surface area contributed by atoms with Crippen LogP contribution < -0.4 is 0 Å². The molecule has 0 aliphatic heterocycles. The van der Waals surface area contributed by atoms with E-state index in [-0.39, 0.29) is 0 Å². The molecule has 19 aromatic rings. The number of aromatic nitrogens is 5. The molecule has 0 N–H and O–H groups in total. The molecule has 19 rings (SSSR count). The van der Waals surface area contributed by atoms with E-state index in [9.17, 15) is 10.5 Å². The Morgan fingerprint density at radius 1 is 0.194 bits per heavy atom. The lowest BCUT2D eigenvalue weighted by Crippen LogP contribution is -2.16. The van der Waals surface area contributed by atoms with Crippen molar-refractivity contribution in [2.45, 2.75) is 0 Å². The van der Waals surface area contributed by atoms with Crippen LogP contribution in [-0.2, 0) is 0 Å². The van der Waals surface area contributed by atoms with Crippen LogP contribution >= 0.6 is 0 Å². The molecule has 0 radical (unpaired) electrons. The highest BCUT2D eigenvalue weighted by Gasteiger charge is 2.36. The lowest BCUT2D eigenvalue weighted by atomic mass is 9.88. The second-order valence-corrected chi connectivity index (χ2v) is 24.1. The third-order valence-corrected chi connectivity index (χ3v) is 19.3. The predicted molar refractivity (Wildman–Crippen MR) is 384 cm³/mol. The molecule has 0 atom stereocenters. The van der Waals surface area contributed by atoms with E-state index in [0.29, 0.717) is 11.1 Å². The molecule has 430 valence electrons. The number of fused-ring (bicyclic) bond motifs is 15. The number of hydrogen-bond donors (Lipinski definition) is 0. The van der Waals surface area contributed by atoms with E-state index in [4.69, 9.17) is 0 Å². The van der Waals surface area contributed by atoms with E-state index < -0.39 is 0 Å². The van der Waals surface area contributed by atoms with Gasteiger partial charge in [0.25, 0.3) is 0 Å². The fourth-order valence-corrected chi connectivity index (χ4v) is 15.5. The Morgan fingerprint density at radius 3 is 0.828 bits per heavy atom. The number of hydrogen-bond acceptors (Lipinski definition) is 2. The SMILES string of the molecule is N#Cc1cccc(-c2c(-n3c4ccccc4c4ccccc43)c(-c3cccc(C#N)c3)c(-n3c4ccccc4c4ccccc43)c(-n3c4ccccc4c4cc(-c5ccc6c(c5)c5ccccc5n6-c5ccccc5)ccc43)c2-n2c3ccccc3c3ccccc32)c1. The monoisotopic (exact) mass is 1180 g/mol. The summed E-state index contributed by atoms with van der Waals surface area (Å²) in [5.41, 5.74) is 21.9. The van der Waals surface area contributed by atoms with Crippen molar-refractivity contribution in [3.05, 3.63) is 321 Å². The van der Waals surface area contributed by atoms with Crippen LogP contribution in [0.5, 0.6) is 0 Å². The van der Waals surface area contributed by atoms with Gasteiger partial charge >= 0.3 is 0 Å². The van der Waals surface area contributed by atoms with Gasteiger partial charge in [0.2, 0.25) is 0 Å². The zero-order chi connectivity index (χ0) is 61.4. The maximum atomic E-state index is 11.1. The maximum absolute atomic E-state index is 11.1. The summed E-state index contributed by atoms with van der Waals surface area (Å²) in [6.45, 7) is 0. The Morgan fingerprint density at radius 2 is 0.473 bits per heavy atom. The smallest absolute Gasteiger partial charge is 0.0991 e. The minimum absolute atomic E-state index is 0.530. The fraction of sp³-hybridized carbons (Fsp3) is 0. The van der Waals surface area contributed by atoms with Crippen molar-refractivity contribution < 1.29 is 0 Å². The Kier molecular flexibility index (Phi) is 11.4. The summed E-state index contributed by atoms with van der Waals surface area (Å²) >= 11 is 0. The van der Waals surface area contributed by atoms with Crippen LogP contribution in [0.1, 0.15) is 11.1 Å². The highest BCUT2D eigenvalue weighted by atomic mass is 15.1. The number of nitriles is 2. The van der Waals surface area contributed by atoms with E-state index in [1.165, 1.54) is 10.8 Å². The predicted octanol–water partition coefficient (Wildman–Crippen LogP) is 21.9. The highest BCUT2D eigenvalue weighted by molar-refractivity contribution is 6.19. The molecule has 0 amide bonds. The molecule has 5 aromatic heterocycles. The molecule has 0 unspecified atom stereocenters. The zero-order valence-corrected chi connectivity index (χ0v) is 50.1. The first-order chi connectivity index (χ1) is 46.1. The molecule has 0 aliphatic carbocycles. The number of para-hydroxylation sites is 9. The number of nitrogens with zero attached hydrogens (tertiary/aromatic N) is 7. The Balaban J connectivity index is 1.07. The van der Waals surface area contributed by atoms with Gasteiger partial charge in [0, 0.05) is 70.7 Å². The maximum Gasteiger partial charge on any atom is 0.0991 e. The van der Waals surface area contributed by atoms with Gasteiger partial charge in [-0.3, -0.25) is 0 Å². The Hall–Kier alpha value is -12.9. The molecule has 14 aromatic carbocycles. The number of benzene rings is 14. The molecule has 0 spiro atoms. The minimum Gasteiger partial charge on any atom is -0.309 e. The molecule has 7 nitrogen and oxygen atoms in total. The second-order valence-electron chi connectivity index (χ2n) is 24.1.